The SMILES string of the molecule is O=C(NCCN1CCOCC1)c1cc2ccc(O)cc2oc1=O. The van der Waals surface area contributed by atoms with Crippen LogP contribution in [-0.2, 0) is 4.74 Å². The zero-order valence-electron chi connectivity index (χ0n) is 12.6. The Morgan fingerprint density at radius 2 is 2.04 bits per heavy atom. The molecule has 1 aromatic heterocycles. The number of carbonyl (C=O) groups excluding carboxylic acids is 1. The summed E-state index contributed by atoms with van der Waals surface area (Å²) >= 11 is 0. The Morgan fingerprint density at radius 3 is 2.83 bits per heavy atom. The smallest absolute Gasteiger partial charge is 0.349 e. The van der Waals surface area contributed by atoms with Crippen LogP contribution in [0.15, 0.2) is 33.5 Å². The molecular formula is C16H18N2O5. The first-order chi connectivity index (χ1) is 11.1. The van der Waals surface area contributed by atoms with Gasteiger partial charge in [0.2, 0.25) is 0 Å². The summed E-state index contributed by atoms with van der Waals surface area (Å²) in [7, 11) is 0. The second-order valence-electron chi connectivity index (χ2n) is 5.38. The van der Waals surface area contributed by atoms with Crippen molar-refractivity contribution in [3.05, 3.63) is 40.2 Å². The Labute approximate surface area is 132 Å². The van der Waals surface area contributed by atoms with E-state index in [0.29, 0.717) is 31.7 Å². The predicted molar refractivity (Wildman–Crippen MR) is 83.7 cm³/mol. The molecule has 2 N–H and O–H groups in total. The molecule has 1 aromatic carbocycles. The van der Waals surface area contributed by atoms with Crippen LogP contribution in [0.3, 0.4) is 0 Å². The van der Waals surface area contributed by atoms with E-state index in [0.717, 1.165) is 13.1 Å². The first-order valence-electron chi connectivity index (χ1n) is 7.49. The third-order valence-electron chi connectivity index (χ3n) is 3.78. The molecule has 2 aromatic rings. The summed E-state index contributed by atoms with van der Waals surface area (Å²) < 4.78 is 10.3. The molecule has 23 heavy (non-hydrogen) atoms. The highest BCUT2D eigenvalue weighted by atomic mass is 16.5. The number of carbonyl (C=O) groups is 1. The lowest BCUT2D eigenvalue weighted by Crippen LogP contribution is -2.41. The van der Waals surface area contributed by atoms with Crippen molar-refractivity contribution in [1.82, 2.24) is 10.2 Å². The quantitative estimate of drug-likeness (QED) is 0.800. The number of phenolic OH excluding ortho intramolecular Hbond substituents is 1. The normalized spacial score (nSPS) is 15.7. The second-order valence-corrected chi connectivity index (χ2v) is 5.38. The van der Waals surface area contributed by atoms with Crippen LogP contribution in [0.1, 0.15) is 10.4 Å². The van der Waals surface area contributed by atoms with Crippen molar-refractivity contribution in [3.63, 3.8) is 0 Å². The van der Waals surface area contributed by atoms with Gasteiger partial charge >= 0.3 is 5.63 Å². The van der Waals surface area contributed by atoms with Crippen LogP contribution < -0.4 is 10.9 Å². The Balaban J connectivity index is 1.66. The maximum absolute atomic E-state index is 12.2. The van der Waals surface area contributed by atoms with Crippen molar-refractivity contribution in [3.8, 4) is 5.75 Å². The molecule has 3 rings (SSSR count). The maximum atomic E-state index is 12.2. The fourth-order valence-electron chi connectivity index (χ4n) is 2.51. The highest BCUT2D eigenvalue weighted by molar-refractivity contribution is 5.96. The van der Waals surface area contributed by atoms with E-state index in [2.05, 4.69) is 10.2 Å². The Kier molecular flexibility index (Phi) is 4.59. The van der Waals surface area contributed by atoms with Gasteiger partial charge in [0.1, 0.15) is 16.9 Å². The minimum atomic E-state index is -0.716. The van der Waals surface area contributed by atoms with Crippen LogP contribution in [-0.4, -0.2) is 55.3 Å². The lowest BCUT2D eigenvalue weighted by molar-refractivity contribution is 0.0383. The summed E-state index contributed by atoms with van der Waals surface area (Å²) in [5, 5.41) is 12.7. The second kappa shape index (κ2) is 6.80. The molecule has 7 nitrogen and oxygen atoms in total. The van der Waals surface area contributed by atoms with Crippen LogP contribution in [0.2, 0.25) is 0 Å². The Bertz CT molecular complexity index is 765. The van der Waals surface area contributed by atoms with Crippen molar-refractivity contribution in [2.24, 2.45) is 0 Å². The molecule has 0 spiro atoms. The number of benzene rings is 1. The molecule has 0 radical (unpaired) electrons. The fraction of sp³-hybridized carbons (Fsp3) is 0.375. The zero-order chi connectivity index (χ0) is 16.2. The number of hydrogen-bond donors (Lipinski definition) is 2. The molecule has 0 saturated carbocycles. The third kappa shape index (κ3) is 3.69. The molecule has 1 saturated heterocycles. The number of nitrogens with zero attached hydrogens (tertiary/aromatic N) is 1. The molecule has 0 bridgehead atoms. The van der Waals surface area contributed by atoms with Gasteiger partial charge in [-0.2, -0.15) is 0 Å². The van der Waals surface area contributed by atoms with Crippen LogP contribution in [0, 0.1) is 0 Å². The number of amides is 1. The molecule has 1 fully saturated rings. The number of ether oxygens (including phenoxy) is 1. The maximum Gasteiger partial charge on any atom is 0.349 e. The fourth-order valence-corrected chi connectivity index (χ4v) is 2.51. The van der Waals surface area contributed by atoms with E-state index < -0.39 is 11.5 Å². The summed E-state index contributed by atoms with van der Waals surface area (Å²) in [6.07, 6.45) is 0. The average molecular weight is 318 g/mol. The van der Waals surface area contributed by atoms with Crippen LogP contribution in [0.5, 0.6) is 5.75 Å². The highest BCUT2D eigenvalue weighted by Crippen LogP contribution is 2.19. The summed E-state index contributed by atoms with van der Waals surface area (Å²) in [5.74, 6) is -0.453. The Hall–Kier alpha value is -2.38. The van der Waals surface area contributed by atoms with E-state index >= 15 is 0 Å². The molecule has 0 atom stereocenters. The van der Waals surface area contributed by atoms with Gasteiger partial charge in [-0.25, -0.2) is 4.79 Å². The van der Waals surface area contributed by atoms with E-state index in [-0.39, 0.29) is 16.9 Å². The predicted octanol–water partition coefficient (Wildman–Crippen LogP) is 0.561. The summed E-state index contributed by atoms with van der Waals surface area (Å²) in [4.78, 5) is 26.3. The van der Waals surface area contributed by atoms with Gasteiger partial charge in [-0.05, 0) is 18.2 Å². The standard InChI is InChI=1S/C16H18N2O5/c19-12-2-1-11-9-13(16(21)23-14(11)10-12)15(20)17-3-4-18-5-7-22-8-6-18/h1-2,9-10,19H,3-8H2,(H,17,20). The van der Waals surface area contributed by atoms with Crippen LogP contribution in [0.4, 0.5) is 0 Å². The lowest BCUT2D eigenvalue weighted by Gasteiger charge is -2.26. The third-order valence-corrected chi connectivity index (χ3v) is 3.78. The van der Waals surface area contributed by atoms with Crippen molar-refractivity contribution in [2.45, 2.75) is 0 Å². The Morgan fingerprint density at radius 1 is 1.26 bits per heavy atom. The summed E-state index contributed by atoms with van der Waals surface area (Å²) in [5.41, 5.74) is -0.503. The number of phenols is 1. The van der Waals surface area contributed by atoms with Crippen molar-refractivity contribution in [1.29, 1.82) is 0 Å². The number of nitrogens with one attached hydrogen (secondary N) is 1. The van der Waals surface area contributed by atoms with Crippen molar-refractivity contribution >= 4 is 16.9 Å². The van der Waals surface area contributed by atoms with Gasteiger partial charge < -0.3 is 19.6 Å². The van der Waals surface area contributed by atoms with Gasteiger partial charge in [0, 0.05) is 37.6 Å². The average Bonchev–Trinajstić information content (AvgIpc) is 2.55. The summed E-state index contributed by atoms with van der Waals surface area (Å²) in [6, 6.07) is 5.89. The van der Waals surface area contributed by atoms with E-state index in [1.165, 1.54) is 18.2 Å². The van der Waals surface area contributed by atoms with Crippen LogP contribution >= 0.6 is 0 Å². The van der Waals surface area contributed by atoms with Gasteiger partial charge in [0.25, 0.3) is 5.91 Å². The molecule has 1 aliphatic heterocycles. The van der Waals surface area contributed by atoms with E-state index in [1.54, 1.807) is 6.07 Å². The van der Waals surface area contributed by atoms with Gasteiger partial charge in [-0.15, -0.1) is 0 Å². The van der Waals surface area contributed by atoms with Crippen LogP contribution in [0.25, 0.3) is 11.0 Å². The molecule has 7 heteroatoms. The number of fused-ring (bicyclic) bond motifs is 1. The highest BCUT2D eigenvalue weighted by Gasteiger charge is 2.15. The molecular weight excluding hydrogens is 300 g/mol. The summed E-state index contributed by atoms with van der Waals surface area (Å²) in [6.45, 7) is 4.26. The number of hydrogen-bond acceptors (Lipinski definition) is 6. The van der Waals surface area contributed by atoms with Gasteiger partial charge in [-0.1, -0.05) is 0 Å². The first-order valence-corrected chi connectivity index (χ1v) is 7.49. The number of rotatable bonds is 4. The molecule has 1 amide bonds. The van der Waals surface area contributed by atoms with E-state index in [4.69, 9.17) is 9.15 Å². The molecule has 0 unspecified atom stereocenters. The number of morpholine rings is 1. The number of aromatic hydroxyl groups is 1. The molecule has 2 heterocycles. The molecule has 0 aliphatic carbocycles. The van der Waals surface area contributed by atoms with Gasteiger partial charge in [0.05, 0.1) is 13.2 Å². The molecule has 122 valence electrons. The zero-order valence-corrected chi connectivity index (χ0v) is 12.6. The van der Waals surface area contributed by atoms with Gasteiger partial charge in [-0.3, -0.25) is 9.69 Å². The minimum Gasteiger partial charge on any atom is -0.508 e. The van der Waals surface area contributed by atoms with E-state index in [9.17, 15) is 14.7 Å². The van der Waals surface area contributed by atoms with Gasteiger partial charge in [0.15, 0.2) is 0 Å². The lowest BCUT2D eigenvalue weighted by atomic mass is 10.1. The first kappa shape index (κ1) is 15.5. The largest absolute Gasteiger partial charge is 0.508 e. The monoisotopic (exact) mass is 318 g/mol. The van der Waals surface area contributed by atoms with Crippen molar-refractivity contribution < 1.29 is 19.1 Å². The topological polar surface area (TPSA) is 92.0 Å². The minimum absolute atomic E-state index is 0.00311. The van der Waals surface area contributed by atoms with Crippen molar-refractivity contribution in [2.75, 3.05) is 39.4 Å². The molecule has 1 aliphatic rings. The van der Waals surface area contributed by atoms with E-state index in [1.807, 2.05) is 0 Å².